The van der Waals surface area contributed by atoms with Crippen LogP contribution in [0.15, 0.2) is 5.38 Å². The average Bonchev–Trinajstić information content (AvgIpc) is 2.92. The van der Waals surface area contributed by atoms with E-state index in [0.717, 1.165) is 17.6 Å². The second-order valence-corrected chi connectivity index (χ2v) is 5.03. The van der Waals surface area contributed by atoms with Gasteiger partial charge in [0.05, 0.1) is 5.69 Å². The molecule has 1 heterocycles. The van der Waals surface area contributed by atoms with E-state index in [1.165, 1.54) is 24.2 Å². The van der Waals surface area contributed by atoms with Gasteiger partial charge in [0.25, 0.3) is 0 Å². The van der Waals surface area contributed by atoms with E-state index in [1.54, 1.807) is 5.38 Å². The van der Waals surface area contributed by atoms with E-state index < -0.39 is 12.0 Å². The predicted molar refractivity (Wildman–Crippen MR) is 62.7 cm³/mol. The van der Waals surface area contributed by atoms with Gasteiger partial charge in [-0.2, -0.15) is 0 Å². The zero-order valence-electron chi connectivity index (χ0n) is 9.09. The van der Waals surface area contributed by atoms with E-state index in [2.05, 4.69) is 9.88 Å². The summed E-state index contributed by atoms with van der Waals surface area (Å²) in [6.07, 6.45) is 2.58. The molecule has 0 spiro atoms. The van der Waals surface area contributed by atoms with Crippen LogP contribution in [0.4, 0.5) is 5.13 Å². The van der Waals surface area contributed by atoms with Gasteiger partial charge in [-0.1, -0.05) is 0 Å². The van der Waals surface area contributed by atoms with Gasteiger partial charge in [0.15, 0.2) is 5.13 Å². The van der Waals surface area contributed by atoms with Crippen LogP contribution in [-0.4, -0.2) is 29.7 Å². The monoisotopic (exact) mass is 241 g/mol. The second kappa shape index (κ2) is 4.39. The first-order chi connectivity index (χ1) is 7.58. The summed E-state index contributed by atoms with van der Waals surface area (Å²) in [6, 6.07) is -1.01. The number of aliphatic carboxylic acids is 1. The summed E-state index contributed by atoms with van der Waals surface area (Å²) in [5, 5.41) is 11.3. The van der Waals surface area contributed by atoms with E-state index in [-0.39, 0.29) is 0 Å². The minimum atomic E-state index is -1.04. The van der Waals surface area contributed by atoms with Gasteiger partial charge in [0.2, 0.25) is 0 Å². The molecule has 0 saturated heterocycles. The standard InChI is InChI=1S/C10H15N3O2S/c1-13(4-6-2-3-6)10-12-7(5-16-10)8(11)9(14)15/h5-6,8H,2-4,11H2,1H3,(H,14,15). The Hall–Kier alpha value is -1.14. The molecule has 1 fully saturated rings. The molecule has 1 aromatic heterocycles. The molecule has 0 amide bonds. The van der Waals surface area contributed by atoms with Crippen molar-refractivity contribution in [3.8, 4) is 0 Å². The van der Waals surface area contributed by atoms with E-state index in [4.69, 9.17) is 10.8 Å². The van der Waals surface area contributed by atoms with Crippen LogP contribution in [0.5, 0.6) is 0 Å². The van der Waals surface area contributed by atoms with Crippen LogP contribution in [-0.2, 0) is 4.79 Å². The van der Waals surface area contributed by atoms with Crippen molar-refractivity contribution in [2.75, 3.05) is 18.5 Å². The molecule has 0 aliphatic heterocycles. The summed E-state index contributed by atoms with van der Waals surface area (Å²) in [5.74, 6) is -0.257. The fourth-order valence-corrected chi connectivity index (χ4v) is 2.32. The largest absolute Gasteiger partial charge is 0.480 e. The van der Waals surface area contributed by atoms with Gasteiger partial charge in [-0.15, -0.1) is 11.3 Å². The maximum atomic E-state index is 10.7. The van der Waals surface area contributed by atoms with Crippen molar-refractivity contribution in [1.29, 1.82) is 0 Å². The Morgan fingerprint density at radius 1 is 1.81 bits per heavy atom. The lowest BCUT2D eigenvalue weighted by molar-refractivity contribution is -0.138. The molecule has 88 valence electrons. The summed E-state index contributed by atoms with van der Waals surface area (Å²) in [6.45, 7) is 0.995. The van der Waals surface area contributed by atoms with Gasteiger partial charge < -0.3 is 15.7 Å². The number of carboxylic acids is 1. The van der Waals surface area contributed by atoms with Crippen molar-refractivity contribution >= 4 is 22.4 Å². The van der Waals surface area contributed by atoms with Gasteiger partial charge in [0, 0.05) is 19.0 Å². The molecule has 0 radical (unpaired) electrons. The number of rotatable bonds is 5. The zero-order valence-corrected chi connectivity index (χ0v) is 9.91. The number of thiazole rings is 1. The number of hydrogen-bond donors (Lipinski definition) is 2. The molecule has 1 saturated carbocycles. The Labute approximate surface area is 97.9 Å². The molecule has 16 heavy (non-hydrogen) atoms. The topological polar surface area (TPSA) is 79.5 Å². The van der Waals surface area contributed by atoms with E-state index in [1.807, 2.05) is 7.05 Å². The van der Waals surface area contributed by atoms with E-state index in [9.17, 15) is 4.79 Å². The van der Waals surface area contributed by atoms with Crippen molar-refractivity contribution in [1.82, 2.24) is 4.98 Å². The van der Waals surface area contributed by atoms with Gasteiger partial charge in [0.1, 0.15) is 6.04 Å². The third-order valence-electron chi connectivity index (χ3n) is 2.65. The third-order valence-corrected chi connectivity index (χ3v) is 3.62. The summed E-state index contributed by atoms with van der Waals surface area (Å²) >= 11 is 1.44. The fourth-order valence-electron chi connectivity index (χ4n) is 1.49. The van der Waals surface area contributed by atoms with Crippen molar-refractivity contribution < 1.29 is 9.90 Å². The lowest BCUT2D eigenvalue weighted by atomic mass is 10.2. The summed E-state index contributed by atoms with van der Waals surface area (Å²) in [5.41, 5.74) is 5.93. The van der Waals surface area contributed by atoms with Gasteiger partial charge in [-0.05, 0) is 18.8 Å². The van der Waals surface area contributed by atoms with E-state index >= 15 is 0 Å². The number of carboxylic acid groups (broad SMARTS) is 1. The van der Waals surface area contributed by atoms with E-state index in [0.29, 0.717) is 5.69 Å². The third kappa shape index (κ3) is 2.51. The Kier molecular flexibility index (Phi) is 3.11. The number of aromatic nitrogens is 1. The number of anilines is 1. The molecule has 1 unspecified atom stereocenters. The lowest BCUT2D eigenvalue weighted by Crippen LogP contribution is -2.22. The fraction of sp³-hybridized carbons (Fsp3) is 0.600. The van der Waals surface area contributed by atoms with Crippen LogP contribution in [0.3, 0.4) is 0 Å². The molecule has 1 aliphatic carbocycles. The predicted octanol–water partition coefficient (Wildman–Crippen LogP) is 1.07. The van der Waals surface area contributed by atoms with Crippen LogP contribution in [0, 0.1) is 5.92 Å². The molecule has 2 rings (SSSR count). The highest BCUT2D eigenvalue weighted by molar-refractivity contribution is 7.13. The molecule has 0 bridgehead atoms. The van der Waals surface area contributed by atoms with Gasteiger partial charge >= 0.3 is 5.97 Å². The zero-order chi connectivity index (χ0) is 11.7. The maximum absolute atomic E-state index is 10.7. The van der Waals surface area contributed by atoms with Crippen molar-refractivity contribution in [3.63, 3.8) is 0 Å². The summed E-state index contributed by atoms with van der Waals surface area (Å²) in [4.78, 5) is 17.0. The molecule has 5 nitrogen and oxygen atoms in total. The van der Waals surface area contributed by atoms with Crippen molar-refractivity contribution in [2.45, 2.75) is 18.9 Å². The summed E-state index contributed by atoms with van der Waals surface area (Å²) < 4.78 is 0. The molecule has 3 N–H and O–H groups in total. The van der Waals surface area contributed by atoms with Crippen LogP contribution in [0.2, 0.25) is 0 Å². The van der Waals surface area contributed by atoms with Crippen LogP contribution in [0.25, 0.3) is 0 Å². The first-order valence-electron chi connectivity index (χ1n) is 5.23. The molecule has 6 heteroatoms. The maximum Gasteiger partial charge on any atom is 0.326 e. The Bertz CT molecular complexity index is 389. The Balaban J connectivity index is 2.02. The lowest BCUT2D eigenvalue weighted by Gasteiger charge is -2.14. The molecule has 0 aromatic carbocycles. The smallest absolute Gasteiger partial charge is 0.326 e. The number of hydrogen-bond acceptors (Lipinski definition) is 5. The Morgan fingerprint density at radius 3 is 3.06 bits per heavy atom. The molecule has 1 atom stereocenters. The number of carbonyl (C=O) groups is 1. The number of nitrogens with zero attached hydrogens (tertiary/aromatic N) is 2. The average molecular weight is 241 g/mol. The highest BCUT2D eigenvalue weighted by Crippen LogP contribution is 2.32. The molecular weight excluding hydrogens is 226 g/mol. The second-order valence-electron chi connectivity index (χ2n) is 4.19. The van der Waals surface area contributed by atoms with Crippen molar-refractivity contribution in [2.24, 2.45) is 11.7 Å². The normalized spacial score (nSPS) is 17.1. The van der Waals surface area contributed by atoms with Gasteiger partial charge in [-0.3, -0.25) is 4.79 Å². The first-order valence-corrected chi connectivity index (χ1v) is 6.11. The van der Waals surface area contributed by atoms with Crippen LogP contribution >= 0.6 is 11.3 Å². The SMILES string of the molecule is CN(CC1CC1)c1nc(C(N)C(=O)O)cs1. The molecule has 1 aromatic rings. The minimum Gasteiger partial charge on any atom is -0.480 e. The first kappa shape index (κ1) is 11.3. The van der Waals surface area contributed by atoms with Crippen LogP contribution in [0.1, 0.15) is 24.6 Å². The molecule has 1 aliphatic rings. The van der Waals surface area contributed by atoms with Crippen molar-refractivity contribution in [3.05, 3.63) is 11.1 Å². The summed E-state index contributed by atoms with van der Waals surface area (Å²) in [7, 11) is 1.98. The highest BCUT2D eigenvalue weighted by atomic mass is 32.1. The molecular formula is C10H15N3O2S. The Morgan fingerprint density at radius 2 is 2.50 bits per heavy atom. The number of nitrogens with two attached hydrogens (primary N) is 1. The quantitative estimate of drug-likeness (QED) is 0.806. The van der Waals surface area contributed by atoms with Crippen LogP contribution < -0.4 is 10.6 Å². The minimum absolute atomic E-state index is 0.440. The van der Waals surface area contributed by atoms with Gasteiger partial charge in [-0.25, -0.2) is 4.98 Å². The highest BCUT2D eigenvalue weighted by Gasteiger charge is 2.25.